The van der Waals surface area contributed by atoms with Gasteiger partial charge in [-0.1, -0.05) is 32.0 Å². The van der Waals surface area contributed by atoms with Crippen LogP contribution in [-0.4, -0.2) is 13.1 Å². The van der Waals surface area contributed by atoms with Crippen LogP contribution in [0, 0.1) is 5.82 Å². The molecule has 1 rings (SSSR count). The van der Waals surface area contributed by atoms with Crippen LogP contribution in [-0.2, 0) is 85.2 Å². The Labute approximate surface area is 181 Å². The van der Waals surface area contributed by atoms with Crippen molar-refractivity contribution < 1.29 is 18.3 Å². The Hall–Kier alpha value is 0.0500. The Bertz CT molecular complexity index is 742. The summed E-state index contributed by atoms with van der Waals surface area (Å²) < 4.78 is 28.3. The van der Waals surface area contributed by atoms with Gasteiger partial charge in [0.05, 0.1) is 7.11 Å². The number of benzene rings is 1. The first-order valence-corrected chi connectivity index (χ1v) is 16.1. The number of carbonyl (C=O) groups excluding carboxylic acids is 1. The normalized spacial score (nSPS) is 7.50. The van der Waals surface area contributed by atoms with Crippen LogP contribution in [0.2, 0.25) is 0 Å². The van der Waals surface area contributed by atoms with Gasteiger partial charge < -0.3 is 4.74 Å². The molecular formula is C14H20F2O2S8. The van der Waals surface area contributed by atoms with Gasteiger partial charge in [0.1, 0.15) is 5.82 Å². The Morgan fingerprint density at radius 2 is 1.38 bits per heavy atom. The maximum absolute atomic E-state index is 12.3. The number of hydrogen-bond donors (Lipinski definition) is 0. The molecule has 12 heteroatoms. The van der Waals surface area contributed by atoms with E-state index < -0.39 is 11.8 Å². The van der Waals surface area contributed by atoms with E-state index in [2.05, 4.69) is 27.1 Å². The third-order valence-electron chi connectivity index (χ3n) is 1.68. The highest BCUT2D eigenvalue weighted by Gasteiger charge is 2.08. The van der Waals surface area contributed by atoms with E-state index in [4.69, 9.17) is 0 Å². The zero-order chi connectivity index (χ0) is 20.8. The van der Waals surface area contributed by atoms with Crippen molar-refractivity contribution in [2.45, 2.75) is 27.7 Å². The van der Waals surface area contributed by atoms with Crippen molar-refractivity contribution in [1.82, 2.24) is 0 Å². The Morgan fingerprint density at radius 1 is 0.962 bits per heavy atom. The molecule has 1 aromatic rings. The zero-order valence-electron chi connectivity index (χ0n) is 14.7. The Balaban J connectivity index is -0.000000292. The van der Waals surface area contributed by atoms with Gasteiger partial charge in [0.2, 0.25) is 5.83 Å². The van der Waals surface area contributed by atoms with E-state index in [1.165, 1.54) is 43.7 Å². The summed E-state index contributed by atoms with van der Waals surface area (Å²) in [5.74, 6) is -1.89. The molecule has 0 N–H and O–H groups in total. The molecule has 1 aromatic carbocycles. The molecule has 0 saturated heterocycles. The fraction of sp³-hybridized carbons (Fsp3) is 0.357. The first kappa shape index (κ1) is 30.8. The molecule has 0 heterocycles. The zero-order valence-corrected chi connectivity index (χ0v) is 21.3. The second kappa shape index (κ2) is 25.1. The maximum atomic E-state index is 12.3. The lowest BCUT2D eigenvalue weighted by atomic mass is 10.3. The van der Waals surface area contributed by atoms with E-state index in [1.54, 1.807) is 53.7 Å². The molecule has 0 unspecified atom stereocenters. The van der Waals surface area contributed by atoms with Crippen molar-refractivity contribution in [3.05, 3.63) is 47.5 Å². The van der Waals surface area contributed by atoms with Crippen molar-refractivity contribution in [3.8, 4) is 0 Å². The van der Waals surface area contributed by atoms with Crippen LogP contribution in [0.5, 0.6) is 0 Å². The predicted molar refractivity (Wildman–Crippen MR) is 128 cm³/mol. The van der Waals surface area contributed by atoms with Gasteiger partial charge in [0.15, 0.2) is 0 Å². The van der Waals surface area contributed by atoms with Gasteiger partial charge in [0.25, 0.3) is 0 Å². The Kier molecular flexibility index (Phi) is 29.6. The molecule has 0 bridgehead atoms. The molecule has 26 heavy (non-hydrogen) atoms. The number of ether oxygens (including phenoxy) is 1. The highest BCUT2D eigenvalue weighted by Crippen LogP contribution is 2.05. The van der Waals surface area contributed by atoms with E-state index in [1.807, 2.05) is 13.8 Å². The van der Waals surface area contributed by atoms with Crippen molar-refractivity contribution in [1.29, 1.82) is 0 Å². The molecule has 0 atom stereocenters. The fourth-order valence-electron chi connectivity index (χ4n) is 0.754. The van der Waals surface area contributed by atoms with Gasteiger partial charge in [0, 0.05) is 75.7 Å². The predicted octanol–water partition coefficient (Wildman–Crippen LogP) is 4.26. The van der Waals surface area contributed by atoms with Crippen LogP contribution in [0.15, 0.2) is 41.7 Å². The monoisotopic (exact) mass is 514 g/mol. The van der Waals surface area contributed by atoms with E-state index in [0.29, 0.717) is 5.57 Å². The van der Waals surface area contributed by atoms with E-state index in [9.17, 15) is 13.6 Å². The summed E-state index contributed by atoms with van der Waals surface area (Å²) in [4.78, 5) is 10.3. The lowest BCUT2D eigenvalue weighted by Crippen LogP contribution is -2.01. The van der Waals surface area contributed by atoms with Crippen molar-refractivity contribution >= 4 is 81.6 Å². The largest absolute Gasteiger partial charge is 0.464 e. The van der Waals surface area contributed by atoms with E-state index >= 15 is 0 Å². The van der Waals surface area contributed by atoms with Crippen LogP contribution in [0.4, 0.5) is 8.78 Å². The first-order valence-electron chi connectivity index (χ1n) is 6.77. The maximum Gasteiger partial charge on any atom is 0.366 e. The summed E-state index contributed by atoms with van der Waals surface area (Å²) in [6.45, 7) is 7.01. The quantitative estimate of drug-likeness (QED) is 0.413. The third kappa shape index (κ3) is 24.1. The highest BCUT2D eigenvalue weighted by molar-refractivity contribution is 8.70. The number of rotatable bonds is 1. The van der Waals surface area contributed by atoms with Crippen LogP contribution < -0.4 is 0 Å². The van der Waals surface area contributed by atoms with Crippen molar-refractivity contribution in [2.75, 3.05) is 7.11 Å². The molecule has 0 radical (unpaired) electrons. The molecule has 2 nitrogen and oxygen atoms in total. The number of allylic oxidation sites excluding steroid dienone is 1. The molecule has 0 aliphatic heterocycles. The number of esters is 1. The standard InChI is InChI=1S/C6H9FO2.C6H5F.C2H6.S8/c1-4(2)5(7)6(8)9-3;7-6-4-2-1-3-5-6;1-2;1-3-5-7-8-6-4-2/h1-3H3;1-5H;1-2H3;. The highest BCUT2D eigenvalue weighted by atomic mass is 33.4. The van der Waals surface area contributed by atoms with E-state index in [-0.39, 0.29) is 5.82 Å². The number of carbonyl (C=O) groups is 1. The first-order chi connectivity index (χ1) is 12.4. The summed E-state index contributed by atoms with van der Waals surface area (Å²) in [5, 5.41) is 0. The molecule has 0 aromatic heterocycles. The average molecular weight is 515 g/mol. The molecule has 0 fully saturated rings. The van der Waals surface area contributed by atoms with Crippen LogP contribution in [0.3, 0.4) is 0 Å². The summed E-state index contributed by atoms with van der Waals surface area (Å²) in [7, 11) is 10.3. The topological polar surface area (TPSA) is 26.3 Å². The molecule has 0 aliphatic carbocycles. The van der Waals surface area contributed by atoms with Gasteiger partial charge in [-0.2, -0.15) is 4.39 Å². The summed E-state index contributed by atoms with van der Waals surface area (Å²) in [5.41, 5.74) is 0.335. The molecular weight excluding hydrogens is 495 g/mol. The lowest BCUT2D eigenvalue weighted by Gasteiger charge is -1.94. The summed E-state index contributed by atoms with van der Waals surface area (Å²) >= 11 is 9.21. The van der Waals surface area contributed by atoms with Crippen LogP contribution in [0.1, 0.15) is 27.7 Å². The SMILES string of the molecule is CC.COC(=O)C(F)=C(C)C.Fc1ccccc1.S=S=S=S=S=S=S=S. The fourth-order valence-corrected chi connectivity index (χ4v) is 11.7. The minimum atomic E-state index is -0.907. The third-order valence-corrected chi connectivity index (χ3v) is 12.8. The van der Waals surface area contributed by atoms with Gasteiger partial charge in [-0.3, -0.25) is 0 Å². The summed E-state index contributed by atoms with van der Waals surface area (Å²) in [6.07, 6.45) is 0. The minimum absolute atomic E-state index is 0.178. The molecule has 0 aliphatic rings. The Morgan fingerprint density at radius 3 is 1.58 bits per heavy atom. The molecule has 0 saturated carbocycles. The van der Waals surface area contributed by atoms with Crippen molar-refractivity contribution in [3.63, 3.8) is 0 Å². The summed E-state index contributed by atoms with van der Waals surface area (Å²) in [6, 6.07) is 7.94. The van der Waals surface area contributed by atoms with Gasteiger partial charge in [-0.05, 0) is 31.6 Å². The second-order valence-electron chi connectivity index (χ2n) is 3.51. The van der Waals surface area contributed by atoms with Crippen LogP contribution >= 0.6 is 0 Å². The smallest absolute Gasteiger partial charge is 0.366 e. The van der Waals surface area contributed by atoms with Gasteiger partial charge in [-0.25, -0.2) is 9.18 Å². The van der Waals surface area contributed by atoms with Crippen LogP contribution in [0.25, 0.3) is 0 Å². The number of hydrogen-bond acceptors (Lipinski definition) is 4. The molecule has 150 valence electrons. The second-order valence-corrected chi connectivity index (χ2v) is 14.1. The van der Waals surface area contributed by atoms with Crippen molar-refractivity contribution in [2.24, 2.45) is 0 Å². The number of halogens is 2. The van der Waals surface area contributed by atoms with Gasteiger partial charge in [-0.15, -0.1) is 0 Å². The van der Waals surface area contributed by atoms with E-state index in [0.717, 1.165) is 7.11 Å². The van der Waals surface area contributed by atoms with Gasteiger partial charge >= 0.3 is 5.97 Å². The lowest BCUT2D eigenvalue weighted by molar-refractivity contribution is -0.137. The average Bonchev–Trinajstić information content (AvgIpc) is 2.67. The minimum Gasteiger partial charge on any atom is -0.464 e. The molecule has 0 spiro atoms. The molecule has 0 amide bonds. The number of methoxy groups -OCH3 is 1.